The van der Waals surface area contributed by atoms with Crippen LogP contribution >= 0.6 is 0 Å². The summed E-state index contributed by atoms with van der Waals surface area (Å²) < 4.78 is 0. The minimum atomic E-state index is -0.861. The molecule has 0 N–H and O–H groups in total. The van der Waals surface area contributed by atoms with Crippen LogP contribution in [0.4, 0.5) is 0 Å². The number of rotatable bonds is 6. The van der Waals surface area contributed by atoms with E-state index in [4.69, 9.17) is 0 Å². The fourth-order valence-electron chi connectivity index (χ4n) is 3.59. The Labute approximate surface area is 267 Å². The summed E-state index contributed by atoms with van der Waals surface area (Å²) in [5.74, 6) is 0.223. The summed E-state index contributed by atoms with van der Waals surface area (Å²) >= 11 is 0. The molecule has 233 valence electrons. The van der Waals surface area contributed by atoms with Crippen LogP contribution in [0.3, 0.4) is 0 Å². The van der Waals surface area contributed by atoms with E-state index in [9.17, 15) is 9.59 Å². The molecule has 2 amide bonds. The molecule has 0 fully saturated rings. The summed E-state index contributed by atoms with van der Waals surface area (Å²) in [7, 11) is -1.72. The van der Waals surface area contributed by atoms with Gasteiger partial charge in [-0.15, -0.1) is 16.1 Å². The van der Waals surface area contributed by atoms with Gasteiger partial charge in [0.15, 0.2) is 0 Å². The Morgan fingerprint density at radius 1 is 0.512 bits per heavy atom. The standard InChI is InChI=1S/2C13H19NO.2C4H11Si.Mn/c2*1-10(2)14(11(3)4)13(15)12-8-6-5-7-9-12;2*1-5(2,3)4;/h2*5-11H,1-4H3;2*1H2,2-4H3;/q;;2*-1;+2. The molecule has 0 bridgehead atoms. The van der Waals surface area contributed by atoms with Gasteiger partial charge < -0.3 is 22.9 Å². The molecule has 4 nitrogen and oxygen atoms in total. The Bertz CT molecular complexity index is 845. The zero-order chi connectivity index (χ0) is 31.8. The van der Waals surface area contributed by atoms with Crippen molar-refractivity contribution in [2.75, 3.05) is 0 Å². The first kappa shape index (κ1) is 43.8. The van der Waals surface area contributed by atoms with Gasteiger partial charge in [0.05, 0.1) is 0 Å². The zero-order valence-corrected chi connectivity index (χ0v) is 31.8. The van der Waals surface area contributed by atoms with E-state index in [2.05, 4.69) is 52.4 Å². The smallest absolute Gasteiger partial charge is 0.342 e. The number of carbonyl (C=O) groups excluding carboxylic acids is 2. The van der Waals surface area contributed by atoms with Crippen LogP contribution in [0.15, 0.2) is 60.7 Å². The third-order valence-corrected chi connectivity index (χ3v) is 4.74. The predicted molar refractivity (Wildman–Crippen MR) is 183 cm³/mol. The molecule has 0 saturated heterocycles. The number of nitrogens with zero attached hydrogens (tertiary/aromatic N) is 2. The summed E-state index contributed by atoms with van der Waals surface area (Å²) in [6.45, 7) is 37.5. The molecule has 2 aromatic carbocycles. The summed E-state index contributed by atoms with van der Waals surface area (Å²) in [5, 5.41) is 0. The molecule has 1 radical (unpaired) electrons. The molecule has 0 aliphatic heterocycles. The van der Waals surface area contributed by atoms with Crippen LogP contribution < -0.4 is 0 Å². The van der Waals surface area contributed by atoms with Crippen LogP contribution in [-0.2, 0) is 17.1 Å². The third kappa shape index (κ3) is 23.6. The van der Waals surface area contributed by atoms with E-state index in [1.54, 1.807) is 0 Å². The largest absolute Gasteiger partial charge is 2.00 e. The Morgan fingerprint density at radius 3 is 0.829 bits per heavy atom. The summed E-state index contributed by atoms with van der Waals surface area (Å²) in [5.41, 5.74) is 1.53. The van der Waals surface area contributed by atoms with Gasteiger partial charge in [-0.2, -0.15) is 0 Å². The van der Waals surface area contributed by atoms with Gasteiger partial charge in [0.2, 0.25) is 0 Å². The van der Waals surface area contributed by atoms with Crippen LogP contribution in [-0.4, -0.2) is 61.9 Å². The number of hydrogen-bond acceptors (Lipinski definition) is 2. The van der Waals surface area contributed by atoms with E-state index in [1.807, 2.05) is 126 Å². The summed E-state index contributed by atoms with van der Waals surface area (Å²) in [6, 6.07) is 19.8. The summed E-state index contributed by atoms with van der Waals surface area (Å²) in [6.07, 6.45) is 0. The number of hydrogen-bond donors (Lipinski definition) is 0. The molecule has 41 heavy (non-hydrogen) atoms. The Hall–Kier alpha value is -1.67. The molecular formula is C34H60MnN2O2Si2. The van der Waals surface area contributed by atoms with Crippen LogP contribution in [0.1, 0.15) is 76.1 Å². The van der Waals surface area contributed by atoms with Crippen LogP contribution in [0, 0.1) is 13.1 Å². The van der Waals surface area contributed by atoms with Crippen molar-refractivity contribution in [3.05, 3.63) is 84.9 Å². The molecule has 2 aromatic rings. The molecule has 0 saturated carbocycles. The molecule has 0 aliphatic rings. The maximum absolute atomic E-state index is 12.2. The molecule has 0 heterocycles. The van der Waals surface area contributed by atoms with E-state index in [-0.39, 0.29) is 53.1 Å². The van der Waals surface area contributed by atoms with Gasteiger partial charge in [0.25, 0.3) is 11.8 Å². The fourth-order valence-corrected chi connectivity index (χ4v) is 3.59. The van der Waals surface area contributed by atoms with Gasteiger partial charge in [0.1, 0.15) is 0 Å². The molecule has 0 aliphatic carbocycles. The van der Waals surface area contributed by atoms with Gasteiger partial charge in [-0.3, -0.25) is 9.59 Å². The quantitative estimate of drug-likeness (QED) is 0.234. The van der Waals surface area contributed by atoms with Crippen molar-refractivity contribution >= 4 is 28.0 Å². The van der Waals surface area contributed by atoms with Crippen molar-refractivity contribution in [3.63, 3.8) is 0 Å². The van der Waals surface area contributed by atoms with E-state index in [1.165, 1.54) is 0 Å². The minimum Gasteiger partial charge on any atom is -0.342 e. The van der Waals surface area contributed by atoms with Crippen LogP contribution in [0.25, 0.3) is 0 Å². The van der Waals surface area contributed by atoms with Crippen LogP contribution in [0.5, 0.6) is 0 Å². The second kappa shape index (κ2) is 21.1. The van der Waals surface area contributed by atoms with Crippen molar-refractivity contribution in [2.45, 2.75) is 119 Å². The van der Waals surface area contributed by atoms with Crippen molar-refractivity contribution < 1.29 is 26.7 Å². The van der Waals surface area contributed by atoms with Crippen molar-refractivity contribution in [2.24, 2.45) is 0 Å². The topological polar surface area (TPSA) is 40.6 Å². The number of carbonyl (C=O) groups is 2. The molecule has 0 aromatic heterocycles. The average Bonchev–Trinajstić information content (AvgIpc) is 2.77. The first-order valence-corrected chi connectivity index (χ1v) is 21.9. The normalized spacial score (nSPS) is 10.8. The van der Waals surface area contributed by atoms with Gasteiger partial charge >= 0.3 is 17.1 Å². The van der Waals surface area contributed by atoms with E-state index >= 15 is 0 Å². The second-order valence-corrected chi connectivity index (χ2v) is 23.9. The first-order chi connectivity index (χ1) is 18.1. The summed E-state index contributed by atoms with van der Waals surface area (Å²) in [4.78, 5) is 28.1. The number of benzene rings is 2. The predicted octanol–water partition coefficient (Wildman–Crippen LogP) is 9.28. The van der Waals surface area contributed by atoms with E-state index in [0.717, 1.165) is 11.1 Å². The molecule has 7 heteroatoms. The van der Waals surface area contributed by atoms with Crippen molar-refractivity contribution in [3.8, 4) is 0 Å². The fraction of sp³-hybridized carbons (Fsp3) is 0.529. The van der Waals surface area contributed by atoms with Crippen LogP contribution in [0.2, 0.25) is 39.3 Å². The maximum Gasteiger partial charge on any atom is 2.00 e. The van der Waals surface area contributed by atoms with E-state index < -0.39 is 16.1 Å². The third-order valence-electron chi connectivity index (χ3n) is 4.74. The molecular weight excluding hydrogens is 579 g/mol. The second-order valence-electron chi connectivity index (χ2n) is 13.7. The van der Waals surface area contributed by atoms with Gasteiger partial charge in [-0.25, -0.2) is 0 Å². The van der Waals surface area contributed by atoms with Gasteiger partial charge in [-0.05, 0) is 79.7 Å². The molecule has 0 atom stereocenters. The maximum atomic E-state index is 12.2. The Balaban J connectivity index is -0.000000523. The Morgan fingerprint density at radius 2 is 0.683 bits per heavy atom. The monoisotopic (exact) mass is 639 g/mol. The van der Waals surface area contributed by atoms with Gasteiger partial charge in [0, 0.05) is 35.3 Å². The molecule has 0 unspecified atom stereocenters. The number of amides is 2. The van der Waals surface area contributed by atoms with Crippen molar-refractivity contribution in [1.29, 1.82) is 0 Å². The zero-order valence-electron chi connectivity index (χ0n) is 28.6. The minimum absolute atomic E-state index is 0. The Kier molecular flexibility index (Phi) is 22.5. The van der Waals surface area contributed by atoms with Gasteiger partial charge in [-0.1, -0.05) is 75.7 Å². The van der Waals surface area contributed by atoms with E-state index in [0.29, 0.717) is 0 Å². The molecule has 2 rings (SSSR count). The SMILES string of the molecule is CC(C)N(C(=O)c1ccccc1)C(C)C.CC(C)N(C(=O)c1ccccc1)C(C)C.[CH2-][Si](C)(C)C.[CH2-][Si](C)(C)C.[Mn+2]. The first-order valence-electron chi connectivity index (χ1n) is 14.5. The average molecular weight is 640 g/mol. The molecule has 0 spiro atoms. The van der Waals surface area contributed by atoms with Crippen molar-refractivity contribution in [1.82, 2.24) is 9.80 Å².